The number of urea groups is 1. The number of aliphatic hydroxyl groups is 1. The van der Waals surface area contributed by atoms with Crippen LogP contribution in [0.1, 0.15) is 46.5 Å². The minimum atomic E-state index is -1.12. The summed E-state index contributed by atoms with van der Waals surface area (Å²) in [7, 11) is 0. The number of nitrogens with one attached hydrogen (secondary N) is 1. The number of nitrogens with zero attached hydrogens (tertiary/aromatic N) is 1. The summed E-state index contributed by atoms with van der Waals surface area (Å²) in [5.41, 5.74) is 0. The zero-order valence-electron chi connectivity index (χ0n) is 12.1. The highest BCUT2D eigenvalue weighted by atomic mass is 16.4. The van der Waals surface area contributed by atoms with Crippen molar-refractivity contribution in [2.75, 3.05) is 13.2 Å². The van der Waals surface area contributed by atoms with Gasteiger partial charge in [0.2, 0.25) is 0 Å². The molecule has 0 aromatic carbocycles. The Hall–Kier alpha value is -1.30. The van der Waals surface area contributed by atoms with Crippen LogP contribution in [0.3, 0.4) is 0 Å². The summed E-state index contributed by atoms with van der Waals surface area (Å²) < 4.78 is 0. The predicted octanol–water partition coefficient (Wildman–Crippen LogP) is 1.43. The molecule has 0 saturated heterocycles. The van der Waals surface area contributed by atoms with E-state index in [-0.39, 0.29) is 25.1 Å². The number of unbranched alkanes of at least 4 members (excludes halogenated alkanes) is 1. The summed E-state index contributed by atoms with van der Waals surface area (Å²) in [6, 6.07) is -1.34. The summed E-state index contributed by atoms with van der Waals surface area (Å²) in [4.78, 5) is 24.7. The molecular formula is C13H26N2O4. The Morgan fingerprint density at radius 3 is 2.37 bits per heavy atom. The molecule has 2 atom stereocenters. The first-order valence-corrected chi connectivity index (χ1v) is 6.88. The summed E-state index contributed by atoms with van der Waals surface area (Å²) in [5, 5.41) is 20.2. The minimum Gasteiger partial charge on any atom is -0.480 e. The highest BCUT2D eigenvalue weighted by Crippen LogP contribution is 2.07. The van der Waals surface area contributed by atoms with E-state index in [1.807, 2.05) is 20.8 Å². The molecular weight excluding hydrogens is 248 g/mol. The van der Waals surface area contributed by atoms with Crippen LogP contribution in [0, 0.1) is 0 Å². The number of carboxylic acids is 1. The Bertz CT molecular complexity index is 284. The van der Waals surface area contributed by atoms with Gasteiger partial charge in [-0.2, -0.15) is 0 Å². The largest absolute Gasteiger partial charge is 0.480 e. The van der Waals surface area contributed by atoms with Gasteiger partial charge in [-0.15, -0.1) is 0 Å². The van der Waals surface area contributed by atoms with Crippen LogP contribution in [0.15, 0.2) is 0 Å². The standard InChI is InChI=1S/C13H26N2O4/c1-4-6-8-15(10(3)5-2)13(19)14-11(7-9-16)12(17)18/h10-11,16H,4-9H2,1-3H3,(H,14,19)(H,17,18). The molecule has 0 aliphatic carbocycles. The molecule has 0 heterocycles. The van der Waals surface area contributed by atoms with E-state index >= 15 is 0 Å². The Morgan fingerprint density at radius 2 is 1.95 bits per heavy atom. The second-order valence-electron chi connectivity index (χ2n) is 4.66. The first kappa shape index (κ1) is 17.7. The number of aliphatic hydroxyl groups excluding tert-OH is 1. The van der Waals surface area contributed by atoms with Gasteiger partial charge < -0.3 is 20.4 Å². The molecule has 19 heavy (non-hydrogen) atoms. The van der Waals surface area contributed by atoms with Gasteiger partial charge in [0.05, 0.1) is 0 Å². The van der Waals surface area contributed by atoms with E-state index in [9.17, 15) is 9.59 Å². The van der Waals surface area contributed by atoms with Gasteiger partial charge in [-0.25, -0.2) is 9.59 Å². The summed E-state index contributed by atoms with van der Waals surface area (Å²) in [6.45, 7) is 6.31. The Labute approximate surface area is 114 Å². The van der Waals surface area contributed by atoms with Gasteiger partial charge in [0.15, 0.2) is 0 Å². The number of carbonyl (C=O) groups is 2. The Morgan fingerprint density at radius 1 is 1.32 bits per heavy atom. The van der Waals surface area contributed by atoms with E-state index in [1.165, 1.54) is 0 Å². The molecule has 0 aromatic heterocycles. The normalized spacial score (nSPS) is 13.7. The molecule has 0 aliphatic heterocycles. The van der Waals surface area contributed by atoms with Crippen LogP contribution in [0.5, 0.6) is 0 Å². The minimum absolute atomic E-state index is 0.0171. The molecule has 0 radical (unpaired) electrons. The number of aliphatic carboxylic acids is 1. The van der Waals surface area contributed by atoms with Crippen molar-refractivity contribution in [1.82, 2.24) is 10.2 Å². The van der Waals surface area contributed by atoms with Gasteiger partial charge in [0, 0.05) is 25.6 Å². The van der Waals surface area contributed by atoms with E-state index in [4.69, 9.17) is 10.2 Å². The van der Waals surface area contributed by atoms with Crippen LogP contribution in [-0.2, 0) is 4.79 Å². The first-order valence-electron chi connectivity index (χ1n) is 6.88. The van der Waals surface area contributed by atoms with Gasteiger partial charge >= 0.3 is 12.0 Å². The summed E-state index contributed by atoms with van der Waals surface area (Å²) in [5.74, 6) is -1.12. The molecule has 2 amide bonds. The molecule has 6 nitrogen and oxygen atoms in total. The number of rotatable bonds is 9. The van der Waals surface area contributed by atoms with Crippen molar-refractivity contribution in [3.63, 3.8) is 0 Å². The van der Waals surface area contributed by atoms with Crippen molar-refractivity contribution in [3.05, 3.63) is 0 Å². The average molecular weight is 274 g/mol. The van der Waals surface area contributed by atoms with Crippen molar-refractivity contribution >= 4 is 12.0 Å². The molecule has 0 aliphatic rings. The maximum Gasteiger partial charge on any atom is 0.326 e. The van der Waals surface area contributed by atoms with Crippen molar-refractivity contribution in [1.29, 1.82) is 0 Å². The fourth-order valence-corrected chi connectivity index (χ4v) is 1.69. The zero-order chi connectivity index (χ0) is 14.8. The molecule has 112 valence electrons. The number of hydrogen-bond acceptors (Lipinski definition) is 3. The Kier molecular flexibility index (Phi) is 8.95. The molecule has 6 heteroatoms. The lowest BCUT2D eigenvalue weighted by Gasteiger charge is -2.30. The van der Waals surface area contributed by atoms with Crippen molar-refractivity contribution < 1.29 is 19.8 Å². The first-order chi connectivity index (χ1) is 8.97. The highest BCUT2D eigenvalue weighted by Gasteiger charge is 2.24. The van der Waals surface area contributed by atoms with E-state index in [2.05, 4.69) is 5.32 Å². The van der Waals surface area contributed by atoms with Crippen LogP contribution in [0.4, 0.5) is 4.79 Å². The Balaban J connectivity index is 4.63. The molecule has 0 fully saturated rings. The number of carbonyl (C=O) groups excluding carboxylic acids is 1. The molecule has 0 saturated carbocycles. The van der Waals surface area contributed by atoms with Crippen LogP contribution in [0.2, 0.25) is 0 Å². The monoisotopic (exact) mass is 274 g/mol. The van der Waals surface area contributed by atoms with Crippen molar-refractivity contribution in [3.8, 4) is 0 Å². The van der Waals surface area contributed by atoms with Gasteiger partial charge in [0.25, 0.3) is 0 Å². The quantitative estimate of drug-likeness (QED) is 0.593. The van der Waals surface area contributed by atoms with Crippen LogP contribution in [0.25, 0.3) is 0 Å². The van der Waals surface area contributed by atoms with Crippen molar-refractivity contribution in [2.45, 2.75) is 58.5 Å². The van der Waals surface area contributed by atoms with Gasteiger partial charge in [0.1, 0.15) is 6.04 Å². The molecule has 0 aromatic rings. The van der Waals surface area contributed by atoms with Crippen LogP contribution >= 0.6 is 0 Å². The summed E-state index contributed by atoms with van der Waals surface area (Å²) >= 11 is 0. The molecule has 0 spiro atoms. The lowest BCUT2D eigenvalue weighted by molar-refractivity contribution is -0.139. The van der Waals surface area contributed by atoms with E-state index < -0.39 is 12.0 Å². The fraction of sp³-hybridized carbons (Fsp3) is 0.846. The topological polar surface area (TPSA) is 89.9 Å². The maximum atomic E-state index is 12.1. The highest BCUT2D eigenvalue weighted by molar-refractivity contribution is 5.82. The average Bonchev–Trinajstić information content (AvgIpc) is 2.38. The number of amides is 2. The fourth-order valence-electron chi connectivity index (χ4n) is 1.69. The lowest BCUT2D eigenvalue weighted by atomic mass is 10.2. The third kappa shape index (κ3) is 6.42. The SMILES string of the molecule is CCCCN(C(=O)NC(CCO)C(=O)O)C(C)CC. The van der Waals surface area contributed by atoms with E-state index in [1.54, 1.807) is 4.90 Å². The summed E-state index contributed by atoms with van der Waals surface area (Å²) in [6.07, 6.45) is 2.69. The molecule has 0 rings (SSSR count). The second kappa shape index (κ2) is 9.61. The van der Waals surface area contributed by atoms with Crippen LogP contribution in [-0.4, -0.2) is 52.3 Å². The second-order valence-corrected chi connectivity index (χ2v) is 4.66. The van der Waals surface area contributed by atoms with Crippen molar-refractivity contribution in [2.24, 2.45) is 0 Å². The zero-order valence-corrected chi connectivity index (χ0v) is 12.1. The predicted molar refractivity (Wildman–Crippen MR) is 73.0 cm³/mol. The van der Waals surface area contributed by atoms with Gasteiger partial charge in [-0.05, 0) is 19.8 Å². The molecule has 0 bridgehead atoms. The van der Waals surface area contributed by atoms with Gasteiger partial charge in [-0.3, -0.25) is 0 Å². The lowest BCUT2D eigenvalue weighted by Crippen LogP contribution is -2.51. The molecule has 2 unspecified atom stereocenters. The number of carboxylic acid groups (broad SMARTS) is 1. The van der Waals surface area contributed by atoms with E-state index in [0.29, 0.717) is 6.54 Å². The van der Waals surface area contributed by atoms with Gasteiger partial charge in [-0.1, -0.05) is 20.3 Å². The third-order valence-electron chi connectivity index (χ3n) is 3.15. The smallest absolute Gasteiger partial charge is 0.326 e. The molecule has 3 N–H and O–H groups in total. The third-order valence-corrected chi connectivity index (χ3v) is 3.15. The van der Waals surface area contributed by atoms with E-state index in [0.717, 1.165) is 19.3 Å². The maximum absolute atomic E-state index is 12.1. The van der Waals surface area contributed by atoms with Crippen LogP contribution < -0.4 is 5.32 Å². The number of hydrogen-bond donors (Lipinski definition) is 3.